The van der Waals surface area contributed by atoms with Crippen LogP contribution in [0.15, 0.2) is 47.4 Å². The van der Waals surface area contributed by atoms with Gasteiger partial charge in [-0.25, -0.2) is 13.6 Å². The number of nitrogens with two attached hydrogens (primary N) is 1. The topological polar surface area (TPSA) is 88.6 Å². The number of aromatic nitrogens is 1. The van der Waals surface area contributed by atoms with Gasteiger partial charge in [0.2, 0.25) is 5.43 Å². The first-order valence-electron chi connectivity index (χ1n) is 8.75. The minimum Gasteiger partial charge on any atom is -0.477 e. The number of hydrogen-bond acceptors (Lipinski definition) is 4. The predicted octanol–water partition coefficient (Wildman–Crippen LogP) is 2.50. The summed E-state index contributed by atoms with van der Waals surface area (Å²) in [4.78, 5) is 25.6. The van der Waals surface area contributed by atoms with Crippen molar-refractivity contribution in [1.29, 1.82) is 0 Å². The Balaban J connectivity index is 2.10. The molecular formula is C20H17F2N3O3. The van der Waals surface area contributed by atoms with E-state index in [0.717, 1.165) is 12.3 Å². The average molecular weight is 385 g/mol. The minimum atomic E-state index is -1.47. The monoisotopic (exact) mass is 385 g/mol. The Labute approximate surface area is 158 Å². The Bertz CT molecular complexity index is 1150. The van der Waals surface area contributed by atoms with E-state index in [1.54, 1.807) is 30.3 Å². The van der Waals surface area contributed by atoms with Gasteiger partial charge in [0, 0.05) is 31.0 Å². The van der Waals surface area contributed by atoms with Gasteiger partial charge >= 0.3 is 5.97 Å². The average Bonchev–Trinajstić information content (AvgIpc) is 3.09. The summed E-state index contributed by atoms with van der Waals surface area (Å²) in [6, 6.07) is 9.14. The number of hydrogen-bond donors (Lipinski definition) is 2. The lowest BCUT2D eigenvalue weighted by atomic mass is 10.1. The van der Waals surface area contributed by atoms with Crippen LogP contribution in [0.3, 0.4) is 0 Å². The Hall–Kier alpha value is -3.26. The molecule has 3 aromatic rings. The third-order valence-electron chi connectivity index (χ3n) is 4.96. The highest BCUT2D eigenvalue weighted by Crippen LogP contribution is 2.33. The van der Waals surface area contributed by atoms with Gasteiger partial charge in [-0.3, -0.25) is 4.79 Å². The molecule has 1 fully saturated rings. The highest BCUT2D eigenvalue weighted by Gasteiger charge is 2.28. The van der Waals surface area contributed by atoms with Crippen LogP contribution in [0, 0.1) is 11.6 Å². The zero-order chi connectivity index (χ0) is 20.0. The molecular weight excluding hydrogens is 368 g/mol. The van der Waals surface area contributed by atoms with E-state index >= 15 is 4.39 Å². The van der Waals surface area contributed by atoms with Crippen LogP contribution in [-0.2, 0) is 0 Å². The second-order valence-electron chi connectivity index (χ2n) is 6.79. The van der Waals surface area contributed by atoms with Crippen molar-refractivity contribution >= 4 is 22.6 Å². The molecule has 144 valence electrons. The quantitative estimate of drug-likeness (QED) is 0.723. The van der Waals surface area contributed by atoms with Crippen molar-refractivity contribution in [3.05, 3.63) is 70.0 Å². The van der Waals surface area contributed by atoms with E-state index in [1.807, 2.05) is 0 Å². The van der Waals surface area contributed by atoms with Gasteiger partial charge < -0.3 is 20.3 Å². The van der Waals surface area contributed by atoms with Crippen LogP contribution in [0.1, 0.15) is 16.8 Å². The van der Waals surface area contributed by atoms with E-state index in [0.29, 0.717) is 25.2 Å². The molecule has 1 atom stereocenters. The molecule has 2 heterocycles. The Morgan fingerprint density at radius 1 is 1.21 bits per heavy atom. The van der Waals surface area contributed by atoms with E-state index in [1.165, 1.54) is 9.47 Å². The summed E-state index contributed by atoms with van der Waals surface area (Å²) in [7, 11) is 0. The van der Waals surface area contributed by atoms with Crippen LogP contribution >= 0.6 is 0 Å². The molecule has 6 nitrogen and oxygen atoms in total. The number of benzene rings is 2. The van der Waals surface area contributed by atoms with Crippen LogP contribution in [-0.4, -0.2) is 34.8 Å². The van der Waals surface area contributed by atoms with Gasteiger partial charge in [0.05, 0.1) is 10.9 Å². The van der Waals surface area contributed by atoms with Crippen LogP contribution in [0.4, 0.5) is 14.5 Å². The normalized spacial score (nSPS) is 16.7. The SMILES string of the molecule is NC1CCN(c2c(F)cc3c(=O)c(C(=O)O)cn(-c4ccccc4)c3c2F)C1. The summed E-state index contributed by atoms with van der Waals surface area (Å²) in [5.74, 6) is -3.30. The van der Waals surface area contributed by atoms with Crippen molar-refractivity contribution < 1.29 is 18.7 Å². The summed E-state index contributed by atoms with van der Waals surface area (Å²) < 4.78 is 31.6. The maximum atomic E-state index is 15.5. The van der Waals surface area contributed by atoms with Crippen molar-refractivity contribution in [3.8, 4) is 5.69 Å². The Morgan fingerprint density at radius 3 is 2.54 bits per heavy atom. The number of pyridine rings is 1. The molecule has 8 heteroatoms. The fraction of sp³-hybridized carbons (Fsp3) is 0.200. The van der Waals surface area contributed by atoms with Gasteiger partial charge in [0.15, 0.2) is 5.82 Å². The lowest BCUT2D eigenvalue weighted by Crippen LogP contribution is -2.28. The van der Waals surface area contributed by atoms with Crippen LogP contribution in [0.5, 0.6) is 0 Å². The van der Waals surface area contributed by atoms with E-state index < -0.39 is 28.6 Å². The maximum Gasteiger partial charge on any atom is 0.341 e. The molecule has 4 rings (SSSR count). The number of rotatable bonds is 3. The molecule has 1 unspecified atom stereocenters. The molecule has 28 heavy (non-hydrogen) atoms. The molecule has 0 bridgehead atoms. The van der Waals surface area contributed by atoms with Crippen LogP contribution in [0.2, 0.25) is 0 Å². The first-order chi connectivity index (χ1) is 13.4. The summed E-state index contributed by atoms with van der Waals surface area (Å²) in [6.45, 7) is 0.686. The van der Waals surface area contributed by atoms with Crippen LogP contribution in [0.25, 0.3) is 16.6 Å². The lowest BCUT2D eigenvalue weighted by molar-refractivity contribution is 0.0695. The molecule has 0 aliphatic carbocycles. The molecule has 1 aliphatic heterocycles. The standard InChI is InChI=1S/C20H17F2N3O3/c21-15-8-13-17(16(22)18(15)24-7-6-11(23)9-24)25(12-4-2-1-3-5-12)10-14(19(13)26)20(27)28/h1-5,8,10-11H,6-7,9,23H2,(H,27,28). The van der Waals surface area contributed by atoms with Crippen molar-refractivity contribution in [1.82, 2.24) is 4.57 Å². The largest absolute Gasteiger partial charge is 0.477 e. The zero-order valence-corrected chi connectivity index (χ0v) is 14.7. The summed E-state index contributed by atoms with van der Waals surface area (Å²) in [5.41, 5.74) is 4.39. The van der Waals surface area contributed by atoms with Crippen molar-refractivity contribution in [3.63, 3.8) is 0 Å². The number of carboxylic acids is 1. The fourth-order valence-electron chi connectivity index (χ4n) is 3.63. The molecule has 0 spiro atoms. The molecule has 1 aliphatic rings. The smallest absolute Gasteiger partial charge is 0.341 e. The minimum absolute atomic E-state index is 0.168. The Morgan fingerprint density at radius 2 is 1.93 bits per heavy atom. The van der Waals surface area contributed by atoms with Crippen molar-refractivity contribution in [2.24, 2.45) is 5.73 Å². The van der Waals surface area contributed by atoms with Crippen LogP contribution < -0.4 is 16.1 Å². The van der Waals surface area contributed by atoms with E-state index in [2.05, 4.69) is 0 Å². The number of aromatic carboxylic acids is 1. The van der Waals surface area contributed by atoms with Crippen molar-refractivity contribution in [2.75, 3.05) is 18.0 Å². The van der Waals surface area contributed by atoms with Gasteiger partial charge in [0.25, 0.3) is 0 Å². The molecule has 1 saturated heterocycles. The first-order valence-corrected chi connectivity index (χ1v) is 8.75. The van der Waals surface area contributed by atoms with E-state index in [4.69, 9.17) is 5.73 Å². The first kappa shape index (κ1) is 18.1. The Kier molecular flexibility index (Phi) is 4.35. The maximum absolute atomic E-state index is 15.5. The number of halogens is 2. The number of fused-ring (bicyclic) bond motifs is 1. The van der Waals surface area contributed by atoms with Crippen molar-refractivity contribution in [2.45, 2.75) is 12.5 Å². The molecule has 0 amide bonds. The third-order valence-corrected chi connectivity index (χ3v) is 4.96. The zero-order valence-electron chi connectivity index (χ0n) is 14.7. The molecule has 3 N–H and O–H groups in total. The molecule has 1 aromatic heterocycles. The highest BCUT2D eigenvalue weighted by atomic mass is 19.1. The van der Waals surface area contributed by atoms with Gasteiger partial charge in [0.1, 0.15) is 17.1 Å². The number of nitrogens with zero attached hydrogens (tertiary/aromatic N) is 2. The molecule has 2 aromatic carbocycles. The second kappa shape index (κ2) is 6.72. The third kappa shape index (κ3) is 2.82. The van der Waals surface area contributed by atoms with Gasteiger partial charge in [-0.2, -0.15) is 0 Å². The fourth-order valence-corrected chi connectivity index (χ4v) is 3.63. The predicted molar refractivity (Wildman–Crippen MR) is 101 cm³/mol. The molecule has 0 radical (unpaired) electrons. The van der Waals surface area contributed by atoms with Gasteiger partial charge in [-0.1, -0.05) is 18.2 Å². The van der Waals surface area contributed by atoms with Gasteiger partial charge in [-0.05, 0) is 24.6 Å². The molecule has 0 saturated carbocycles. The summed E-state index contributed by atoms with van der Waals surface area (Å²) >= 11 is 0. The second-order valence-corrected chi connectivity index (χ2v) is 6.79. The lowest BCUT2D eigenvalue weighted by Gasteiger charge is -2.22. The highest BCUT2D eigenvalue weighted by molar-refractivity contribution is 5.94. The number of anilines is 1. The number of carbonyl (C=O) groups is 1. The van der Waals surface area contributed by atoms with E-state index in [9.17, 15) is 19.1 Å². The van der Waals surface area contributed by atoms with Gasteiger partial charge in [-0.15, -0.1) is 0 Å². The summed E-state index contributed by atoms with van der Waals surface area (Å²) in [5, 5.41) is 9.04. The number of para-hydroxylation sites is 1. The number of carboxylic acid groups (broad SMARTS) is 1. The van der Waals surface area contributed by atoms with E-state index in [-0.39, 0.29) is 22.6 Å². The summed E-state index contributed by atoms with van der Waals surface area (Å²) in [6.07, 6.45) is 1.67.